The first-order valence-electron chi connectivity index (χ1n) is 8.99. The van der Waals surface area contributed by atoms with Crippen molar-refractivity contribution in [1.82, 2.24) is 5.32 Å². The molecule has 130 valence electrons. The van der Waals surface area contributed by atoms with Gasteiger partial charge in [-0.15, -0.1) is 0 Å². The standard InChI is InChI=1S/C20H26FNO2/c1-12(23)22-18-19(2,3)14-10-16-17(13-4-6-15(21)7-5-13)24-9-8-20(16,18)11-14/h4-7,14,16-18H,8-11H2,1-3H3,(H,22,23)/t14-,16-,17-,18+,20?/m1/s1. The van der Waals surface area contributed by atoms with Gasteiger partial charge < -0.3 is 10.1 Å². The zero-order valence-electron chi connectivity index (χ0n) is 14.6. The lowest BCUT2D eigenvalue weighted by Gasteiger charge is -2.53. The first-order chi connectivity index (χ1) is 11.3. The fourth-order valence-electron chi connectivity index (χ4n) is 5.97. The van der Waals surface area contributed by atoms with Crippen molar-refractivity contribution < 1.29 is 13.9 Å². The van der Waals surface area contributed by atoms with Crippen LogP contribution < -0.4 is 5.32 Å². The lowest BCUT2D eigenvalue weighted by atomic mass is 9.59. The van der Waals surface area contributed by atoms with Crippen LogP contribution in [0.5, 0.6) is 0 Å². The average Bonchev–Trinajstić information content (AvgIpc) is 3.01. The minimum absolute atomic E-state index is 0.0108. The highest BCUT2D eigenvalue weighted by atomic mass is 19.1. The summed E-state index contributed by atoms with van der Waals surface area (Å²) >= 11 is 0. The van der Waals surface area contributed by atoms with Gasteiger partial charge in [-0.1, -0.05) is 26.0 Å². The second kappa shape index (κ2) is 5.29. The minimum Gasteiger partial charge on any atom is -0.373 e. The van der Waals surface area contributed by atoms with E-state index in [1.54, 1.807) is 6.92 Å². The summed E-state index contributed by atoms with van der Waals surface area (Å²) in [5.74, 6) is 0.837. The van der Waals surface area contributed by atoms with E-state index in [1.807, 2.05) is 12.1 Å². The molecule has 0 aromatic heterocycles. The van der Waals surface area contributed by atoms with Gasteiger partial charge in [0.05, 0.1) is 6.10 Å². The van der Waals surface area contributed by atoms with Crippen molar-refractivity contribution in [2.45, 2.75) is 52.2 Å². The molecule has 3 aliphatic rings. The van der Waals surface area contributed by atoms with Gasteiger partial charge in [0.1, 0.15) is 5.82 Å². The highest BCUT2D eigenvalue weighted by Crippen LogP contribution is 2.70. The van der Waals surface area contributed by atoms with Crippen LogP contribution in [0.2, 0.25) is 0 Å². The van der Waals surface area contributed by atoms with Crippen molar-refractivity contribution in [1.29, 1.82) is 0 Å². The smallest absolute Gasteiger partial charge is 0.217 e. The van der Waals surface area contributed by atoms with Gasteiger partial charge in [-0.05, 0) is 59.6 Å². The maximum Gasteiger partial charge on any atom is 0.217 e. The number of amides is 1. The van der Waals surface area contributed by atoms with Crippen molar-refractivity contribution >= 4 is 5.91 Å². The number of hydrogen-bond donors (Lipinski definition) is 1. The Morgan fingerprint density at radius 2 is 2.00 bits per heavy atom. The molecule has 3 nitrogen and oxygen atoms in total. The Labute approximate surface area is 143 Å². The van der Waals surface area contributed by atoms with Crippen LogP contribution in [-0.4, -0.2) is 18.6 Å². The quantitative estimate of drug-likeness (QED) is 0.894. The molecule has 1 aromatic rings. The van der Waals surface area contributed by atoms with Gasteiger partial charge in [0.2, 0.25) is 5.91 Å². The van der Waals surface area contributed by atoms with E-state index in [1.165, 1.54) is 12.1 Å². The molecule has 1 aromatic carbocycles. The van der Waals surface area contributed by atoms with Gasteiger partial charge in [-0.25, -0.2) is 4.39 Å². The molecule has 0 radical (unpaired) electrons. The van der Waals surface area contributed by atoms with Crippen molar-refractivity contribution in [3.8, 4) is 0 Å². The topological polar surface area (TPSA) is 38.3 Å². The summed E-state index contributed by atoms with van der Waals surface area (Å²) in [5, 5.41) is 3.28. The van der Waals surface area contributed by atoms with Crippen LogP contribution in [0, 0.1) is 28.5 Å². The number of rotatable bonds is 2. The van der Waals surface area contributed by atoms with E-state index in [0.717, 1.165) is 24.8 Å². The van der Waals surface area contributed by atoms with E-state index >= 15 is 0 Å². The largest absolute Gasteiger partial charge is 0.373 e. The molecule has 24 heavy (non-hydrogen) atoms. The van der Waals surface area contributed by atoms with Crippen LogP contribution >= 0.6 is 0 Å². The van der Waals surface area contributed by atoms with Gasteiger partial charge in [-0.3, -0.25) is 4.79 Å². The number of benzene rings is 1. The number of carbonyl (C=O) groups excluding carboxylic acids is 1. The lowest BCUT2D eigenvalue weighted by Crippen LogP contribution is -2.58. The van der Waals surface area contributed by atoms with E-state index in [-0.39, 0.29) is 34.7 Å². The zero-order valence-corrected chi connectivity index (χ0v) is 14.6. The molecule has 2 bridgehead atoms. The number of carbonyl (C=O) groups is 1. The van der Waals surface area contributed by atoms with E-state index in [2.05, 4.69) is 19.2 Å². The van der Waals surface area contributed by atoms with Crippen molar-refractivity contribution in [3.05, 3.63) is 35.6 Å². The van der Waals surface area contributed by atoms with Crippen LogP contribution in [0.25, 0.3) is 0 Å². The maximum atomic E-state index is 13.3. The van der Waals surface area contributed by atoms with Gasteiger partial charge >= 0.3 is 0 Å². The van der Waals surface area contributed by atoms with Crippen LogP contribution in [0.1, 0.15) is 51.7 Å². The average molecular weight is 331 g/mol. The van der Waals surface area contributed by atoms with Gasteiger partial charge in [-0.2, -0.15) is 0 Å². The summed E-state index contributed by atoms with van der Waals surface area (Å²) in [6, 6.07) is 6.93. The molecule has 1 N–H and O–H groups in total. The van der Waals surface area contributed by atoms with Crippen LogP contribution in [0.15, 0.2) is 24.3 Å². The lowest BCUT2D eigenvalue weighted by molar-refractivity contribution is -0.136. The predicted molar refractivity (Wildman–Crippen MR) is 89.7 cm³/mol. The summed E-state index contributed by atoms with van der Waals surface area (Å²) in [5.41, 5.74) is 1.29. The molecule has 3 fully saturated rings. The first kappa shape index (κ1) is 16.1. The molecule has 5 atom stereocenters. The van der Waals surface area contributed by atoms with Crippen molar-refractivity contribution in [2.24, 2.45) is 22.7 Å². The molecule has 2 saturated carbocycles. The van der Waals surface area contributed by atoms with Gasteiger partial charge in [0.15, 0.2) is 0 Å². The highest BCUT2D eigenvalue weighted by Gasteiger charge is 2.68. The van der Waals surface area contributed by atoms with E-state index in [0.29, 0.717) is 18.4 Å². The Hall–Kier alpha value is -1.42. The molecule has 1 unspecified atom stereocenters. The monoisotopic (exact) mass is 331 g/mol. The summed E-state index contributed by atoms with van der Waals surface area (Å²) < 4.78 is 19.4. The molecular weight excluding hydrogens is 305 g/mol. The van der Waals surface area contributed by atoms with Gasteiger partial charge in [0.25, 0.3) is 0 Å². The van der Waals surface area contributed by atoms with Crippen LogP contribution in [0.4, 0.5) is 4.39 Å². The van der Waals surface area contributed by atoms with Crippen LogP contribution in [-0.2, 0) is 9.53 Å². The van der Waals surface area contributed by atoms with E-state index < -0.39 is 0 Å². The number of hydrogen-bond acceptors (Lipinski definition) is 2. The Morgan fingerprint density at radius 1 is 1.29 bits per heavy atom. The second-order valence-corrected chi connectivity index (χ2v) is 8.52. The zero-order chi connectivity index (χ0) is 17.1. The van der Waals surface area contributed by atoms with E-state index in [9.17, 15) is 9.18 Å². The van der Waals surface area contributed by atoms with Crippen LogP contribution in [0.3, 0.4) is 0 Å². The maximum absolute atomic E-state index is 13.3. The summed E-state index contributed by atoms with van der Waals surface area (Å²) in [6.07, 6.45) is 3.30. The number of nitrogens with one attached hydrogen (secondary N) is 1. The normalized spacial score (nSPS) is 39.5. The molecule has 2 aliphatic carbocycles. The Morgan fingerprint density at radius 3 is 2.67 bits per heavy atom. The molecule has 1 amide bonds. The summed E-state index contributed by atoms with van der Waals surface area (Å²) in [6.45, 7) is 6.92. The molecule has 4 heteroatoms. The molecule has 1 aliphatic heterocycles. The number of ether oxygens (including phenoxy) is 1. The molecule has 1 heterocycles. The minimum atomic E-state index is -0.213. The SMILES string of the molecule is CC(=O)N[C@H]1C(C)(C)[C@@H]2C[C@@H]3[C@@H](c4ccc(F)cc4)OCCC31C2. The third-order valence-electron chi connectivity index (χ3n) is 7.05. The molecular formula is C20H26FNO2. The Balaban J connectivity index is 1.71. The molecule has 1 spiro atoms. The van der Waals surface area contributed by atoms with Gasteiger partial charge in [0, 0.05) is 19.6 Å². The van der Waals surface area contributed by atoms with E-state index in [4.69, 9.17) is 4.74 Å². The third kappa shape index (κ3) is 2.15. The summed E-state index contributed by atoms with van der Waals surface area (Å²) in [7, 11) is 0. The number of fused-ring (bicyclic) bond motifs is 1. The van der Waals surface area contributed by atoms with Crippen molar-refractivity contribution in [2.75, 3.05) is 6.61 Å². The fourth-order valence-corrected chi connectivity index (χ4v) is 5.97. The predicted octanol–water partition coefficient (Wildman–Crippen LogP) is 3.84. The Bertz CT molecular complexity index is 656. The van der Waals surface area contributed by atoms with Crippen molar-refractivity contribution in [3.63, 3.8) is 0 Å². The Kier molecular flexibility index (Phi) is 3.54. The first-order valence-corrected chi connectivity index (χ1v) is 8.99. The second-order valence-electron chi connectivity index (χ2n) is 8.52. The third-order valence-corrected chi connectivity index (χ3v) is 7.05. The fraction of sp³-hybridized carbons (Fsp3) is 0.650. The molecule has 4 rings (SSSR count). The highest BCUT2D eigenvalue weighted by molar-refractivity contribution is 5.73. The molecule has 1 saturated heterocycles. The summed E-state index contributed by atoms with van der Waals surface area (Å²) in [4.78, 5) is 11.8. The number of halogens is 1.